The van der Waals surface area contributed by atoms with Crippen molar-refractivity contribution in [3.8, 4) is 0 Å². The number of morpholine rings is 1. The molecule has 2 aromatic rings. The molecule has 2 fully saturated rings. The smallest absolute Gasteiger partial charge is 0.227 e. The average molecular weight is 370 g/mol. The van der Waals surface area contributed by atoms with Crippen LogP contribution in [0.5, 0.6) is 0 Å². The van der Waals surface area contributed by atoms with Crippen LogP contribution < -0.4 is 4.90 Å². The highest BCUT2D eigenvalue weighted by atomic mass is 19.1. The van der Waals surface area contributed by atoms with Crippen LogP contribution >= 0.6 is 0 Å². The zero-order valence-corrected chi connectivity index (χ0v) is 15.1. The molecule has 2 saturated heterocycles. The molecule has 0 radical (unpaired) electrons. The minimum atomic E-state index is -0.270. The lowest BCUT2D eigenvalue weighted by molar-refractivity contribution is -0.143. The standard InChI is InChI=1S/C20H23FN4O2/c21-17-6-4-15(5-7-17)18-14-24(11-12-27-18)19(26)16-3-1-10-25(13-16)20-22-8-2-9-23-20/h2,4-9,16,18H,1,3,10-14H2. The van der Waals surface area contributed by atoms with E-state index in [9.17, 15) is 9.18 Å². The number of amides is 1. The van der Waals surface area contributed by atoms with Crippen LogP contribution in [0.4, 0.5) is 10.3 Å². The number of carbonyl (C=O) groups is 1. The lowest BCUT2D eigenvalue weighted by atomic mass is 9.96. The molecule has 3 heterocycles. The van der Waals surface area contributed by atoms with Crippen molar-refractivity contribution in [1.82, 2.24) is 14.9 Å². The van der Waals surface area contributed by atoms with Gasteiger partial charge in [0.05, 0.1) is 19.1 Å². The van der Waals surface area contributed by atoms with Gasteiger partial charge in [0.25, 0.3) is 0 Å². The van der Waals surface area contributed by atoms with Crippen LogP contribution in [-0.2, 0) is 9.53 Å². The first-order chi connectivity index (χ1) is 13.2. The number of ether oxygens (including phenoxy) is 1. The van der Waals surface area contributed by atoms with Crippen molar-refractivity contribution in [2.24, 2.45) is 5.92 Å². The second-order valence-electron chi connectivity index (χ2n) is 7.03. The molecule has 2 aliphatic heterocycles. The summed E-state index contributed by atoms with van der Waals surface area (Å²) in [4.78, 5) is 25.7. The maximum absolute atomic E-state index is 13.2. The summed E-state index contributed by atoms with van der Waals surface area (Å²) >= 11 is 0. The number of carbonyl (C=O) groups excluding carboxylic acids is 1. The number of halogens is 1. The first kappa shape index (κ1) is 17.9. The topological polar surface area (TPSA) is 58.6 Å². The molecule has 2 atom stereocenters. The first-order valence-electron chi connectivity index (χ1n) is 9.38. The van der Waals surface area contributed by atoms with E-state index in [0.29, 0.717) is 32.2 Å². The van der Waals surface area contributed by atoms with Crippen LogP contribution in [0, 0.1) is 11.7 Å². The highest BCUT2D eigenvalue weighted by Gasteiger charge is 2.33. The summed E-state index contributed by atoms with van der Waals surface area (Å²) in [6.07, 6.45) is 5.06. The number of piperidine rings is 1. The fourth-order valence-electron chi connectivity index (χ4n) is 3.80. The van der Waals surface area contributed by atoms with Gasteiger partial charge in [0.1, 0.15) is 11.9 Å². The number of benzene rings is 1. The third-order valence-electron chi connectivity index (χ3n) is 5.23. The van der Waals surface area contributed by atoms with Gasteiger partial charge in [0.15, 0.2) is 0 Å². The third-order valence-corrected chi connectivity index (χ3v) is 5.23. The molecular formula is C20H23FN4O2. The Kier molecular flexibility index (Phi) is 5.29. The van der Waals surface area contributed by atoms with E-state index in [1.54, 1.807) is 30.6 Å². The molecule has 0 saturated carbocycles. The Morgan fingerprint density at radius 1 is 1.11 bits per heavy atom. The minimum Gasteiger partial charge on any atom is -0.370 e. The van der Waals surface area contributed by atoms with Crippen LogP contribution in [0.1, 0.15) is 24.5 Å². The first-order valence-corrected chi connectivity index (χ1v) is 9.38. The minimum absolute atomic E-state index is 0.0606. The molecule has 0 spiro atoms. The fraction of sp³-hybridized carbons (Fsp3) is 0.450. The van der Waals surface area contributed by atoms with Gasteiger partial charge in [-0.25, -0.2) is 14.4 Å². The lowest BCUT2D eigenvalue weighted by Crippen LogP contribution is -2.49. The van der Waals surface area contributed by atoms with Crippen molar-refractivity contribution in [1.29, 1.82) is 0 Å². The number of anilines is 1. The van der Waals surface area contributed by atoms with Gasteiger partial charge in [-0.2, -0.15) is 0 Å². The Morgan fingerprint density at radius 3 is 2.67 bits per heavy atom. The van der Waals surface area contributed by atoms with Crippen LogP contribution in [0.15, 0.2) is 42.7 Å². The van der Waals surface area contributed by atoms with Gasteiger partial charge >= 0.3 is 0 Å². The number of hydrogen-bond acceptors (Lipinski definition) is 5. The lowest BCUT2D eigenvalue weighted by Gasteiger charge is -2.38. The van der Waals surface area contributed by atoms with Gasteiger partial charge in [-0.05, 0) is 36.6 Å². The predicted octanol–water partition coefficient (Wildman–Crippen LogP) is 2.43. The van der Waals surface area contributed by atoms with E-state index in [-0.39, 0.29) is 23.7 Å². The quantitative estimate of drug-likeness (QED) is 0.831. The molecule has 142 valence electrons. The summed E-state index contributed by atoms with van der Waals surface area (Å²) in [7, 11) is 0. The molecule has 0 bridgehead atoms. The van der Waals surface area contributed by atoms with Gasteiger partial charge in [-0.15, -0.1) is 0 Å². The number of rotatable bonds is 3. The van der Waals surface area contributed by atoms with Crippen molar-refractivity contribution < 1.29 is 13.9 Å². The Bertz CT molecular complexity index is 771. The van der Waals surface area contributed by atoms with E-state index in [0.717, 1.165) is 24.9 Å². The highest BCUT2D eigenvalue weighted by Crippen LogP contribution is 2.26. The zero-order chi connectivity index (χ0) is 18.6. The molecule has 7 heteroatoms. The Balaban J connectivity index is 1.41. The molecule has 6 nitrogen and oxygen atoms in total. The molecule has 1 amide bonds. The number of aromatic nitrogens is 2. The van der Waals surface area contributed by atoms with E-state index in [2.05, 4.69) is 14.9 Å². The predicted molar refractivity (Wildman–Crippen MR) is 98.6 cm³/mol. The molecule has 4 rings (SSSR count). The maximum atomic E-state index is 13.2. The van der Waals surface area contributed by atoms with Crippen LogP contribution in [-0.4, -0.2) is 53.6 Å². The summed E-state index contributed by atoms with van der Waals surface area (Å²) in [5.74, 6) is 0.509. The molecule has 27 heavy (non-hydrogen) atoms. The summed E-state index contributed by atoms with van der Waals surface area (Å²) in [6, 6.07) is 8.10. The van der Waals surface area contributed by atoms with Gasteiger partial charge < -0.3 is 14.5 Å². The normalized spacial score (nSPS) is 23.3. The largest absolute Gasteiger partial charge is 0.370 e. The van der Waals surface area contributed by atoms with Crippen LogP contribution in [0.2, 0.25) is 0 Å². The van der Waals surface area contributed by atoms with Crippen molar-refractivity contribution >= 4 is 11.9 Å². The van der Waals surface area contributed by atoms with E-state index in [1.165, 1.54) is 12.1 Å². The van der Waals surface area contributed by atoms with E-state index in [1.807, 2.05) is 4.90 Å². The van der Waals surface area contributed by atoms with Crippen LogP contribution in [0.3, 0.4) is 0 Å². The van der Waals surface area contributed by atoms with Gasteiger partial charge in [0, 0.05) is 32.0 Å². The van der Waals surface area contributed by atoms with Crippen molar-refractivity contribution in [2.75, 3.05) is 37.7 Å². The molecule has 0 aliphatic carbocycles. The number of hydrogen-bond donors (Lipinski definition) is 0. The second kappa shape index (κ2) is 8.00. The molecular weight excluding hydrogens is 347 g/mol. The van der Waals surface area contributed by atoms with Crippen molar-refractivity contribution in [3.05, 3.63) is 54.1 Å². The summed E-state index contributed by atoms with van der Waals surface area (Å²) in [5, 5.41) is 0. The van der Waals surface area contributed by atoms with E-state index in [4.69, 9.17) is 4.74 Å². The molecule has 1 aromatic carbocycles. The van der Waals surface area contributed by atoms with Crippen LogP contribution in [0.25, 0.3) is 0 Å². The third kappa shape index (κ3) is 4.08. The molecule has 2 unspecified atom stereocenters. The number of nitrogens with zero attached hydrogens (tertiary/aromatic N) is 4. The summed E-state index contributed by atoms with van der Waals surface area (Å²) in [5.41, 5.74) is 0.900. The summed E-state index contributed by atoms with van der Waals surface area (Å²) < 4.78 is 19.0. The Labute approximate surface area is 158 Å². The maximum Gasteiger partial charge on any atom is 0.227 e. The molecule has 2 aliphatic rings. The summed E-state index contributed by atoms with van der Waals surface area (Å²) in [6.45, 7) is 3.10. The average Bonchev–Trinajstić information content (AvgIpc) is 2.74. The SMILES string of the molecule is O=C(C1CCCN(c2ncccn2)C1)N1CCOC(c2ccc(F)cc2)C1. The van der Waals surface area contributed by atoms with Crippen molar-refractivity contribution in [3.63, 3.8) is 0 Å². The molecule has 1 aromatic heterocycles. The Morgan fingerprint density at radius 2 is 1.89 bits per heavy atom. The highest BCUT2D eigenvalue weighted by molar-refractivity contribution is 5.80. The Hall–Kier alpha value is -2.54. The van der Waals surface area contributed by atoms with Crippen molar-refractivity contribution in [2.45, 2.75) is 18.9 Å². The monoisotopic (exact) mass is 370 g/mol. The second-order valence-corrected chi connectivity index (χ2v) is 7.03. The van der Waals surface area contributed by atoms with E-state index >= 15 is 0 Å². The zero-order valence-electron chi connectivity index (χ0n) is 15.1. The molecule has 0 N–H and O–H groups in total. The fourth-order valence-corrected chi connectivity index (χ4v) is 3.80. The van der Waals surface area contributed by atoms with Gasteiger partial charge in [0.2, 0.25) is 11.9 Å². The van der Waals surface area contributed by atoms with E-state index < -0.39 is 0 Å². The van der Waals surface area contributed by atoms with Gasteiger partial charge in [-0.1, -0.05) is 12.1 Å². The van der Waals surface area contributed by atoms with Gasteiger partial charge in [-0.3, -0.25) is 4.79 Å².